The van der Waals surface area contributed by atoms with Gasteiger partial charge in [0.15, 0.2) is 5.65 Å². The summed E-state index contributed by atoms with van der Waals surface area (Å²) in [6.07, 6.45) is 3.44. The van der Waals surface area contributed by atoms with E-state index < -0.39 is 12.4 Å². The molecule has 3 atom stereocenters. The summed E-state index contributed by atoms with van der Waals surface area (Å²) in [5, 5.41) is 10.7. The molecule has 194 valence electrons. The summed E-state index contributed by atoms with van der Waals surface area (Å²) < 4.78 is 56.4. The number of alkyl halides is 2. The molecule has 38 heavy (non-hydrogen) atoms. The Morgan fingerprint density at radius 1 is 1.13 bits per heavy atom. The highest BCUT2D eigenvalue weighted by atomic mass is 19.3. The number of aromatic amines is 1. The van der Waals surface area contributed by atoms with Crippen LogP contribution < -0.4 is 10.6 Å². The number of anilines is 1. The molecule has 4 heterocycles. The molecule has 1 aliphatic heterocycles. The normalized spacial score (nSPS) is 22.9. The van der Waals surface area contributed by atoms with Crippen molar-refractivity contribution in [1.82, 2.24) is 29.9 Å². The summed E-state index contributed by atoms with van der Waals surface area (Å²) in [7, 11) is 0. The SMILES string of the molecule is NC[C@]1(c2ccccc2F)[C@@H]2CCN(c3cnc4c(-c5ccc6nn(C(F)F)cc6c5F)n[nH]c4n3)C[C@@H]21. The molecule has 5 aromatic rings. The summed E-state index contributed by atoms with van der Waals surface area (Å²) in [5.41, 5.74) is 7.69. The molecule has 0 amide bonds. The number of aromatic nitrogens is 6. The van der Waals surface area contributed by atoms with E-state index in [1.165, 1.54) is 18.2 Å². The number of nitrogens with zero attached hydrogens (tertiary/aromatic N) is 6. The summed E-state index contributed by atoms with van der Waals surface area (Å²) in [5.74, 6) is 0.200. The van der Waals surface area contributed by atoms with Crippen molar-refractivity contribution in [2.75, 3.05) is 24.5 Å². The minimum atomic E-state index is -2.87. The zero-order chi connectivity index (χ0) is 26.2. The van der Waals surface area contributed by atoms with E-state index in [4.69, 9.17) is 5.73 Å². The molecule has 2 aromatic carbocycles. The lowest BCUT2D eigenvalue weighted by molar-refractivity contribution is 0.0573. The van der Waals surface area contributed by atoms with E-state index >= 15 is 4.39 Å². The van der Waals surface area contributed by atoms with Gasteiger partial charge in [-0.2, -0.15) is 19.0 Å². The van der Waals surface area contributed by atoms with Crippen LogP contribution in [0.5, 0.6) is 0 Å². The minimum Gasteiger partial charge on any atom is -0.355 e. The third kappa shape index (κ3) is 3.19. The lowest BCUT2D eigenvalue weighted by Crippen LogP contribution is -2.32. The predicted octanol–water partition coefficient (Wildman–Crippen LogP) is 4.40. The molecule has 1 saturated heterocycles. The van der Waals surface area contributed by atoms with E-state index in [1.54, 1.807) is 12.3 Å². The summed E-state index contributed by atoms with van der Waals surface area (Å²) in [6.45, 7) is -1.12. The third-order valence-corrected chi connectivity index (χ3v) is 8.22. The number of nitrogens with one attached hydrogen (secondary N) is 1. The second kappa shape index (κ2) is 8.22. The van der Waals surface area contributed by atoms with Crippen molar-refractivity contribution in [3.05, 3.63) is 66.0 Å². The molecular weight excluding hydrogens is 500 g/mol. The number of nitrogens with two attached hydrogens (primary N) is 1. The quantitative estimate of drug-likeness (QED) is 0.332. The predicted molar refractivity (Wildman–Crippen MR) is 133 cm³/mol. The van der Waals surface area contributed by atoms with Gasteiger partial charge in [-0.25, -0.2) is 23.4 Å². The van der Waals surface area contributed by atoms with E-state index in [0.29, 0.717) is 46.2 Å². The zero-order valence-corrected chi connectivity index (χ0v) is 20.0. The number of piperidine rings is 1. The van der Waals surface area contributed by atoms with Gasteiger partial charge in [0.2, 0.25) is 0 Å². The van der Waals surface area contributed by atoms with Gasteiger partial charge in [0.1, 0.15) is 28.7 Å². The molecule has 7 rings (SSSR count). The van der Waals surface area contributed by atoms with E-state index in [-0.39, 0.29) is 39.3 Å². The number of hydrogen-bond donors (Lipinski definition) is 2. The van der Waals surface area contributed by atoms with Gasteiger partial charge in [0.05, 0.1) is 17.1 Å². The van der Waals surface area contributed by atoms with Gasteiger partial charge < -0.3 is 10.6 Å². The van der Waals surface area contributed by atoms with Crippen LogP contribution >= 0.6 is 0 Å². The van der Waals surface area contributed by atoms with Crippen LogP contribution in [0.25, 0.3) is 33.3 Å². The second-order valence-corrected chi connectivity index (χ2v) is 9.92. The first-order chi connectivity index (χ1) is 18.4. The summed E-state index contributed by atoms with van der Waals surface area (Å²) in [6, 6.07) is 9.75. The standard InChI is InChI=1S/C26H22F4N8/c27-18-4-2-1-3-16(18)26(12-31)15-7-8-37(11-17(15)26)20-9-32-23-22(34-35-24(23)33-20)13-5-6-19-14(21(13)28)10-38(36-19)25(29)30/h1-6,9-10,15,17,25H,7-8,11-12,31H2,(H,33,34,35)/t15-,17+,26-/m1/s1. The Labute approximate surface area is 213 Å². The number of rotatable bonds is 5. The molecule has 3 aromatic heterocycles. The lowest BCUT2D eigenvalue weighted by atomic mass is 9.91. The fourth-order valence-electron chi connectivity index (χ4n) is 6.33. The van der Waals surface area contributed by atoms with Crippen LogP contribution in [0.1, 0.15) is 18.5 Å². The molecule has 0 radical (unpaired) electrons. The highest BCUT2D eigenvalue weighted by Gasteiger charge is 2.66. The van der Waals surface area contributed by atoms with Crippen LogP contribution in [0.4, 0.5) is 23.4 Å². The maximum Gasteiger partial charge on any atom is 0.333 e. The number of H-pyrrole nitrogens is 1. The maximum absolute atomic E-state index is 15.3. The maximum atomic E-state index is 15.3. The highest BCUT2D eigenvalue weighted by Crippen LogP contribution is 2.63. The van der Waals surface area contributed by atoms with Crippen molar-refractivity contribution in [1.29, 1.82) is 0 Å². The van der Waals surface area contributed by atoms with Crippen molar-refractivity contribution >= 4 is 27.9 Å². The van der Waals surface area contributed by atoms with Crippen LogP contribution in [-0.2, 0) is 5.41 Å². The number of fused-ring (bicyclic) bond motifs is 3. The molecule has 0 spiro atoms. The van der Waals surface area contributed by atoms with Gasteiger partial charge >= 0.3 is 6.55 Å². The van der Waals surface area contributed by atoms with Crippen molar-refractivity contribution in [2.45, 2.75) is 18.4 Å². The molecular formula is C26H22F4N8. The summed E-state index contributed by atoms with van der Waals surface area (Å²) in [4.78, 5) is 11.3. The molecule has 1 saturated carbocycles. The molecule has 0 bridgehead atoms. The Morgan fingerprint density at radius 3 is 2.76 bits per heavy atom. The Hall–Kier alpha value is -4.06. The fourth-order valence-corrected chi connectivity index (χ4v) is 6.33. The monoisotopic (exact) mass is 522 g/mol. The number of hydrogen-bond acceptors (Lipinski definition) is 6. The Kier molecular flexibility index (Phi) is 4.99. The Balaban J connectivity index is 1.19. The smallest absolute Gasteiger partial charge is 0.333 e. The Bertz CT molecular complexity index is 1700. The zero-order valence-electron chi connectivity index (χ0n) is 20.0. The average Bonchev–Trinajstić information content (AvgIpc) is 3.20. The first kappa shape index (κ1) is 23.1. The van der Waals surface area contributed by atoms with E-state index in [1.807, 2.05) is 12.1 Å². The third-order valence-electron chi connectivity index (χ3n) is 8.22. The topological polar surface area (TPSA) is 102 Å². The molecule has 8 nitrogen and oxygen atoms in total. The lowest BCUT2D eigenvalue weighted by Gasteiger charge is -2.26. The summed E-state index contributed by atoms with van der Waals surface area (Å²) >= 11 is 0. The van der Waals surface area contributed by atoms with Crippen LogP contribution in [0, 0.1) is 23.5 Å². The van der Waals surface area contributed by atoms with Crippen LogP contribution in [0.3, 0.4) is 0 Å². The molecule has 3 N–H and O–H groups in total. The van der Waals surface area contributed by atoms with Crippen molar-refractivity contribution < 1.29 is 17.6 Å². The van der Waals surface area contributed by atoms with Gasteiger partial charge in [0.25, 0.3) is 0 Å². The van der Waals surface area contributed by atoms with Gasteiger partial charge in [-0.3, -0.25) is 5.10 Å². The van der Waals surface area contributed by atoms with Crippen LogP contribution in [0.15, 0.2) is 48.8 Å². The van der Waals surface area contributed by atoms with Crippen LogP contribution in [0.2, 0.25) is 0 Å². The van der Waals surface area contributed by atoms with Crippen molar-refractivity contribution in [3.8, 4) is 11.3 Å². The number of benzene rings is 2. The van der Waals surface area contributed by atoms with Crippen LogP contribution in [-0.4, -0.2) is 49.6 Å². The molecule has 12 heteroatoms. The largest absolute Gasteiger partial charge is 0.355 e. The molecule has 1 aliphatic carbocycles. The molecule has 2 fully saturated rings. The average molecular weight is 523 g/mol. The fraction of sp³-hybridized carbons (Fsp3) is 0.308. The van der Waals surface area contributed by atoms with E-state index in [9.17, 15) is 13.2 Å². The van der Waals surface area contributed by atoms with Gasteiger partial charge in [-0.05, 0) is 42.0 Å². The van der Waals surface area contributed by atoms with E-state index in [0.717, 1.165) is 19.2 Å². The van der Waals surface area contributed by atoms with Crippen molar-refractivity contribution in [3.63, 3.8) is 0 Å². The van der Waals surface area contributed by atoms with Crippen molar-refractivity contribution in [2.24, 2.45) is 17.6 Å². The van der Waals surface area contributed by atoms with E-state index in [2.05, 4.69) is 30.2 Å². The second-order valence-electron chi connectivity index (χ2n) is 9.92. The Morgan fingerprint density at radius 2 is 1.97 bits per heavy atom. The highest BCUT2D eigenvalue weighted by molar-refractivity contribution is 5.92. The number of halogens is 4. The van der Waals surface area contributed by atoms with Gasteiger partial charge in [0, 0.05) is 36.8 Å². The molecule has 0 unspecified atom stereocenters. The van der Waals surface area contributed by atoms with Gasteiger partial charge in [-0.1, -0.05) is 18.2 Å². The molecule has 2 aliphatic rings. The first-order valence-electron chi connectivity index (χ1n) is 12.3. The minimum absolute atomic E-state index is 0.0333. The first-order valence-corrected chi connectivity index (χ1v) is 12.3. The van der Waals surface area contributed by atoms with Gasteiger partial charge in [-0.15, -0.1) is 0 Å².